The minimum Gasteiger partial charge on any atom is -0.461 e. The van der Waals surface area contributed by atoms with Crippen LogP contribution in [0.25, 0.3) is 17.0 Å². The average Bonchev–Trinajstić information content (AvgIpc) is 3.13. The number of nitrogens with one attached hydrogen (secondary N) is 1. The van der Waals surface area contributed by atoms with E-state index in [-0.39, 0.29) is 11.9 Å². The Labute approximate surface area is 133 Å². The monoisotopic (exact) mass is 311 g/mol. The van der Waals surface area contributed by atoms with Crippen molar-refractivity contribution in [1.82, 2.24) is 5.32 Å². The molecule has 112 valence electrons. The molecule has 0 aliphatic carbocycles. The number of para-hydroxylation sites is 1. The van der Waals surface area contributed by atoms with Crippen LogP contribution in [0.1, 0.15) is 17.6 Å². The Morgan fingerprint density at radius 3 is 2.95 bits per heavy atom. The SMILES string of the molecule is C[C@@H](Cc1cc2ccccc2o1)NC(=O)/C=C/c1cccs1. The molecule has 1 N–H and O–H groups in total. The first kappa shape index (κ1) is 14.6. The minimum absolute atomic E-state index is 0.0149. The third-order valence-electron chi connectivity index (χ3n) is 3.31. The third kappa shape index (κ3) is 3.65. The maximum Gasteiger partial charge on any atom is 0.244 e. The molecule has 3 aromatic rings. The fourth-order valence-corrected chi connectivity index (χ4v) is 2.94. The molecule has 0 aliphatic heterocycles. The van der Waals surface area contributed by atoms with E-state index >= 15 is 0 Å². The second-order valence-corrected chi connectivity index (χ2v) is 6.19. The number of fused-ring (bicyclic) bond motifs is 1. The van der Waals surface area contributed by atoms with Crippen LogP contribution >= 0.6 is 11.3 Å². The molecule has 3 rings (SSSR count). The Kier molecular flexibility index (Phi) is 4.39. The van der Waals surface area contributed by atoms with E-state index in [2.05, 4.69) is 5.32 Å². The minimum atomic E-state index is -0.0861. The lowest BCUT2D eigenvalue weighted by Crippen LogP contribution is -2.32. The number of rotatable bonds is 5. The van der Waals surface area contributed by atoms with Crippen molar-refractivity contribution in [2.45, 2.75) is 19.4 Å². The molecule has 2 heterocycles. The van der Waals surface area contributed by atoms with Crippen LogP contribution in [0.5, 0.6) is 0 Å². The van der Waals surface area contributed by atoms with Crippen molar-refractivity contribution in [3.05, 3.63) is 64.6 Å². The summed E-state index contributed by atoms with van der Waals surface area (Å²) < 4.78 is 5.77. The van der Waals surface area contributed by atoms with Crippen LogP contribution in [0.4, 0.5) is 0 Å². The lowest BCUT2D eigenvalue weighted by molar-refractivity contribution is -0.117. The van der Waals surface area contributed by atoms with E-state index in [1.165, 1.54) is 0 Å². The summed E-state index contributed by atoms with van der Waals surface area (Å²) in [5, 5.41) is 6.03. The molecule has 0 spiro atoms. The maximum absolute atomic E-state index is 11.9. The molecule has 4 heteroatoms. The van der Waals surface area contributed by atoms with E-state index in [1.807, 2.05) is 60.8 Å². The molecule has 1 aromatic carbocycles. The molecule has 0 fully saturated rings. The van der Waals surface area contributed by atoms with Gasteiger partial charge in [0, 0.05) is 28.8 Å². The predicted molar refractivity (Wildman–Crippen MR) is 90.9 cm³/mol. The van der Waals surface area contributed by atoms with E-state index < -0.39 is 0 Å². The maximum atomic E-state index is 11.9. The van der Waals surface area contributed by atoms with E-state index in [9.17, 15) is 4.79 Å². The molecule has 0 radical (unpaired) electrons. The fourth-order valence-electron chi connectivity index (χ4n) is 2.33. The van der Waals surface area contributed by atoms with E-state index in [0.717, 1.165) is 21.6 Å². The highest BCUT2D eigenvalue weighted by Crippen LogP contribution is 2.19. The van der Waals surface area contributed by atoms with Crippen LogP contribution in [-0.4, -0.2) is 11.9 Å². The van der Waals surface area contributed by atoms with Crippen LogP contribution in [0.2, 0.25) is 0 Å². The Balaban J connectivity index is 1.57. The summed E-state index contributed by atoms with van der Waals surface area (Å²) in [5.74, 6) is 0.799. The molecule has 0 saturated carbocycles. The van der Waals surface area contributed by atoms with Crippen LogP contribution in [-0.2, 0) is 11.2 Å². The van der Waals surface area contributed by atoms with Gasteiger partial charge in [-0.2, -0.15) is 0 Å². The number of benzene rings is 1. The normalized spacial score (nSPS) is 12.8. The fraction of sp³-hybridized carbons (Fsp3) is 0.167. The molecule has 3 nitrogen and oxygen atoms in total. The zero-order valence-corrected chi connectivity index (χ0v) is 13.1. The second-order valence-electron chi connectivity index (χ2n) is 5.21. The van der Waals surface area contributed by atoms with Gasteiger partial charge in [-0.05, 0) is 36.6 Å². The smallest absolute Gasteiger partial charge is 0.244 e. The topological polar surface area (TPSA) is 42.2 Å². The van der Waals surface area contributed by atoms with E-state index in [4.69, 9.17) is 4.42 Å². The molecule has 1 amide bonds. The summed E-state index contributed by atoms with van der Waals surface area (Å²) in [6, 6.07) is 13.9. The molecule has 0 saturated heterocycles. The second kappa shape index (κ2) is 6.62. The molecule has 22 heavy (non-hydrogen) atoms. The Bertz CT molecular complexity index is 753. The molecule has 0 unspecified atom stereocenters. The van der Waals surface area contributed by atoms with Crippen molar-refractivity contribution in [1.29, 1.82) is 0 Å². The quantitative estimate of drug-likeness (QED) is 0.716. The van der Waals surface area contributed by atoms with Gasteiger partial charge in [0.1, 0.15) is 11.3 Å². The lowest BCUT2D eigenvalue weighted by Gasteiger charge is -2.10. The first-order valence-corrected chi connectivity index (χ1v) is 8.08. The highest BCUT2D eigenvalue weighted by molar-refractivity contribution is 7.10. The summed E-state index contributed by atoms with van der Waals surface area (Å²) in [6.07, 6.45) is 4.07. The van der Waals surface area contributed by atoms with Gasteiger partial charge >= 0.3 is 0 Å². The molecule has 1 atom stereocenters. The summed E-state index contributed by atoms with van der Waals surface area (Å²) in [4.78, 5) is 13.0. The number of amides is 1. The van der Waals surface area contributed by atoms with Gasteiger partial charge in [-0.25, -0.2) is 0 Å². The Morgan fingerprint density at radius 2 is 2.18 bits per heavy atom. The van der Waals surface area contributed by atoms with Crippen molar-refractivity contribution in [2.75, 3.05) is 0 Å². The van der Waals surface area contributed by atoms with Gasteiger partial charge in [0.15, 0.2) is 0 Å². The standard InChI is InChI=1S/C18H17NO2S/c1-13(19-18(20)9-8-16-6-4-10-22-16)11-15-12-14-5-2-3-7-17(14)21-15/h2-10,12-13H,11H2,1H3,(H,19,20)/b9-8+/t13-/m0/s1. The number of thiophene rings is 1. The molecular weight excluding hydrogens is 294 g/mol. The average molecular weight is 311 g/mol. The van der Waals surface area contributed by atoms with Crippen LogP contribution in [0.15, 0.2) is 58.3 Å². The lowest BCUT2D eigenvalue weighted by atomic mass is 10.2. The van der Waals surface area contributed by atoms with Crippen LogP contribution in [0.3, 0.4) is 0 Å². The van der Waals surface area contributed by atoms with Gasteiger partial charge in [-0.1, -0.05) is 24.3 Å². The van der Waals surface area contributed by atoms with Gasteiger partial charge in [0.05, 0.1) is 0 Å². The molecule has 2 aromatic heterocycles. The van der Waals surface area contributed by atoms with Crippen molar-refractivity contribution in [2.24, 2.45) is 0 Å². The van der Waals surface area contributed by atoms with Gasteiger partial charge in [-0.15, -0.1) is 11.3 Å². The zero-order valence-electron chi connectivity index (χ0n) is 12.3. The number of carbonyl (C=O) groups is 1. The molecule has 0 aliphatic rings. The van der Waals surface area contributed by atoms with Crippen LogP contribution < -0.4 is 5.32 Å². The van der Waals surface area contributed by atoms with E-state index in [0.29, 0.717) is 6.42 Å². The highest BCUT2D eigenvalue weighted by atomic mass is 32.1. The van der Waals surface area contributed by atoms with Gasteiger partial charge in [0.25, 0.3) is 0 Å². The number of carbonyl (C=O) groups excluding carboxylic acids is 1. The van der Waals surface area contributed by atoms with Gasteiger partial charge in [0.2, 0.25) is 5.91 Å². The van der Waals surface area contributed by atoms with Crippen molar-refractivity contribution < 1.29 is 9.21 Å². The van der Waals surface area contributed by atoms with Crippen molar-refractivity contribution >= 4 is 34.3 Å². The number of hydrogen-bond donors (Lipinski definition) is 1. The zero-order chi connectivity index (χ0) is 15.4. The Morgan fingerprint density at radius 1 is 1.32 bits per heavy atom. The highest BCUT2D eigenvalue weighted by Gasteiger charge is 2.10. The van der Waals surface area contributed by atoms with Gasteiger partial charge in [-0.3, -0.25) is 4.79 Å². The first-order valence-electron chi connectivity index (χ1n) is 7.20. The summed E-state index contributed by atoms with van der Waals surface area (Å²) >= 11 is 1.61. The summed E-state index contributed by atoms with van der Waals surface area (Å²) in [5.41, 5.74) is 0.883. The predicted octanol–water partition coefficient (Wildman–Crippen LogP) is 4.25. The van der Waals surface area contributed by atoms with E-state index in [1.54, 1.807) is 17.4 Å². The third-order valence-corrected chi connectivity index (χ3v) is 4.15. The summed E-state index contributed by atoms with van der Waals surface area (Å²) in [6.45, 7) is 1.98. The van der Waals surface area contributed by atoms with Gasteiger partial charge < -0.3 is 9.73 Å². The first-order chi connectivity index (χ1) is 10.7. The van der Waals surface area contributed by atoms with Crippen molar-refractivity contribution in [3.63, 3.8) is 0 Å². The van der Waals surface area contributed by atoms with Crippen LogP contribution in [0, 0.1) is 0 Å². The largest absolute Gasteiger partial charge is 0.461 e. The van der Waals surface area contributed by atoms with Crippen molar-refractivity contribution in [3.8, 4) is 0 Å². The Hall–Kier alpha value is -2.33. The molecule has 0 bridgehead atoms. The summed E-state index contributed by atoms with van der Waals surface area (Å²) in [7, 11) is 0. The molecular formula is C18H17NO2S. The number of hydrogen-bond acceptors (Lipinski definition) is 3. The number of furan rings is 1.